The van der Waals surface area contributed by atoms with Gasteiger partial charge in [0.2, 0.25) is 11.8 Å². The van der Waals surface area contributed by atoms with Gasteiger partial charge in [-0.3, -0.25) is 9.59 Å². The average Bonchev–Trinajstić information content (AvgIpc) is 2.64. The molecule has 2 amide bonds. The Balaban J connectivity index is 1.72. The first-order valence-electron chi connectivity index (χ1n) is 8.66. The van der Waals surface area contributed by atoms with Gasteiger partial charge in [0, 0.05) is 19.5 Å². The van der Waals surface area contributed by atoms with Crippen LogP contribution in [0.15, 0.2) is 24.3 Å². The topological polar surface area (TPSA) is 58.6 Å². The molecule has 1 aliphatic rings. The van der Waals surface area contributed by atoms with Crippen LogP contribution in [0, 0.1) is 5.92 Å². The Morgan fingerprint density at radius 1 is 1.27 bits per heavy atom. The van der Waals surface area contributed by atoms with Crippen molar-refractivity contribution in [1.29, 1.82) is 0 Å². The second-order valence-corrected chi connectivity index (χ2v) is 6.19. The van der Waals surface area contributed by atoms with Crippen molar-refractivity contribution in [2.24, 2.45) is 5.92 Å². The minimum atomic E-state index is -4.38. The molecule has 1 aliphatic heterocycles. The van der Waals surface area contributed by atoms with Gasteiger partial charge in [0.15, 0.2) is 0 Å². The van der Waals surface area contributed by atoms with Gasteiger partial charge in [-0.15, -0.1) is 0 Å². The number of hydrogen-bond acceptors (Lipinski definition) is 3. The molecule has 0 aliphatic carbocycles. The highest BCUT2D eigenvalue weighted by Crippen LogP contribution is 2.30. The zero-order chi connectivity index (χ0) is 19.2. The minimum absolute atomic E-state index is 0.0492. The van der Waals surface area contributed by atoms with Crippen molar-refractivity contribution in [3.8, 4) is 5.75 Å². The first-order valence-corrected chi connectivity index (χ1v) is 8.66. The first kappa shape index (κ1) is 20.1. The number of amides is 2. The molecule has 0 spiro atoms. The fraction of sp³-hybridized carbons (Fsp3) is 0.556. The summed E-state index contributed by atoms with van der Waals surface area (Å²) in [6.45, 7) is 3.32. The van der Waals surface area contributed by atoms with Gasteiger partial charge in [0.1, 0.15) is 12.4 Å². The minimum Gasteiger partial charge on any atom is -0.492 e. The number of likely N-dealkylation sites (tertiary alicyclic amines) is 1. The zero-order valence-electron chi connectivity index (χ0n) is 14.6. The van der Waals surface area contributed by atoms with Crippen LogP contribution in [-0.2, 0) is 15.8 Å². The number of carbonyl (C=O) groups is 2. The maximum Gasteiger partial charge on any atom is 0.416 e. The van der Waals surface area contributed by atoms with Crippen molar-refractivity contribution in [1.82, 2.24) is 10.2 Å². The van der Waals surface area contributed by atoms with E-state index in [9.17, 15) is 22.8 Å². The molecule has 26 heavy (non-hydrogen) atoms. The van der Waals surface area contributed by atoms with E-state index >= 15 is 0 Å². The molecule has 8 heteroatoms. The number of piperidine rings is 1. The summed E-state index contributed by atoms with van der Waals surface area (Å²) in [4.78, 5) is 25.6. The van der Waals surface area contributed by atoms with E-state index in [1.54, 1.807) is 11.8 Å². The zero-order valence-corrected chi connectivity index (χ0v) is 14.6. The van der Waals surface area contributed by atoms with Crippen molar-refractivity contribution in [3.05, 3.63) is 29.8 Å². The second kappa shape index (κ2) is 8.91. The molecule has 2 rings (SSSR count). The van der Waals surface area contributed by atoms with E-state index in [4.69, 9.17) is 4.74 Å². The van der Waals surface area contributed by atoms with Crippen LogP contribution in [0.5, 0.6) is 5.75 Å². The largest absolute Gasteiger partial charge is 0.492 e. The van der Waals surface area contributed by atoms with E-state index in [1.807, 2.05) is 0 Å². The molecule has 1 aromatic rings. The van der Waals surface area contributed by atoms with Crippen molar-refractivity contribution in [2.45, 2.75) is 32.4 Å². The number of carbonyl (C=O) groups excluding carboxylic acids is 2. The summed E-state index contributed by atoms with van der Waals surface area (Å²) in [5, 5.41) is 2.75. The molecule has 1 fully saturated rings. The lowest BCUT2D eigenvalue weighted by Gasteiger charge is -2.31. The highest BCUT2D eigenvalue weighted by Gasteiger charge is 2.30. The number of alkyl halides is 3. The lowest BCUT2D eigenvalue weighted by Crippen LogP contribution is -2.45. The predicted octanol–water partition coefficient (Wildman–Crippen LogP) is 2.85. The Kier molecular flexibility index (Phi) is 6.88. The van der Waals surface area contributed by atoms with Gasteiger partial charge in [0.05, 0.1) is 18.0 Å². The molecule has 5 nitrogen and oxygen atoms in total. The molecule has 0 bridgehead atoms. The summed E-state index contributed by atoms with van der Waals surface area (Å²) in [7, 11) is 0. The van der Waals surface area contributed by atoms with Crippen LogP contribution in [0.3, 0.4) is 0 Å². The van der Waals surface area contributed by atoms with E-state index < -0.39 is 11.7 Å². The number of nitrogens with zero attached hydrogens (tertiary/aromatic N) is 1. The summed E-state index contributed by atoms with van der Waals surface area (Å²) in [5.74, 6) is -0.00212. The standard InChI is InChI=1S/C18H23F3N2O3/c1-2-16(24)23-10-3-4-13(12-23)17(25)22-9-11-26-15-7-5-14(6-8-15)18(19,20)21/h5-8,13H,2-4,9-12H2,1H3,(H,22,25). The van der Waals surface area contributed by atoms with Crippen LogP contribution < -0.4 is 10.1 Å². The number of hydrogen-bond donors (Lipinski definition) is 1. The van der Waals surface area contributed by atoms with E-state index in [1.165, 1.54) is 12.1 Å². The molecule has 0 aromatic heterocycles. The number of nitrogens with one attached hydrogen (secondary N) is 1. The lowest BCUT2D eigenvalue weighted by atomic mass is 9.97. The molecular formula is C18H23F3N2O3. The van der Waals surface area contributed by atoms with Gasteiger partial charge >= 0.3 is 6.18 Å². The molecule has 1 unspecified atom stereocenters. The van der Waals surface area contributed by atoms with E-state index in [-0.39, 0.29) is 30.9 Å². The van der Waals surface area contributed by atoms with E-state index in [0.717, 1.165) is 25.0 Å². The van der Waals surface area contributed by atoms with Gasteiger partial charge in [-0.25, -0.2) is 0 Å². The van der Waals surface area contributed by atoms with E-state index in [0.29, 0.717) is 25.3 Å². The maximum absolute atomic E-state index is 12.5. The third-order valence-electron chi connectivity index (χ3n) is 4.30. The summed E-state index contributed by atoms with van der Waals surface area (Å²) < 4.78 is 42.8. The van der Waals surface area contributed by atoms with Crippen LogP contribution in [0.1, 0.15) is 31.7 Å². The number of benzene rings is 1. The smallest absolute Gasteiger partial charge is 0.416 e. The summed E-state index contributed by atoms with van der Waals surface area (Å²) >= 11 is 0. The number of ether oxygens (including phenoxy) is 1. The third-order valence-corrected chi connectivity index (χ3v) is 4.30. The first-order chi connectivity index (χ1) is 12.3. The van der Waals surface area contributed by atoms with Gasteiger partial charge < -0.3 is 15.0 Å². The van der Waals surface area contributed by atoms with Gasteiger partial charge in [0.25, 0.3) is 0 Å². The van der Waals surface area contributed by atoms with Crippen LogP contribution in [0.4, 0.5) is 13.2 Å². The Bertz CT molecular complexity index is 617. The highest BCUT2D eigenvalue weighted by molar-refractivity contribution is 5.81. The summed E-state index contributed by atoms with van der Waals surface area (Å²) in [6.07, 6.45) is -2.42. The lowest BCUT2D eigenvalue weighted by molar-refractivity contribution is -0.138. The second-order valence-electron chi connectivity index (χ2n) is 6.19. The molecule has 144 valence electrons. The summed E-state index contributed by atoms with van der Waals surface area (Å²) in [5.41, 5.74) is -0.735. The van der Waals surface area contributed by atoms with Crippen LogP contribution in [-0.4, -0.2) is 43.0 Å². The van der Waals surface area contributed by atoms with Crippen LogP contribution >= 0.6 is 0 Å². The molecule has 0 radical (unpaired) electrons. The van der Waals surface area contributed by atoms with Gasteiger partial charge in [-0.2, -0.15) is 13.2 Å². The van der Waals surface area contributed by atoms with E-state index in [2.05, 4.69) is 5.32 Å². The fourth-order valence-electron chi connectivity index (χ4n) is 2.87. The van der Waals surface area contributed by atoms with Crippen LogP contribution in [0.2, 0.25) is 0 Å². The van der Waals surface area contributed by atoms with Gasteiger partial charge in [-0.05, 0) is 37.1 Å². The Labute approximate surface area is 150 Å². The van der Waals surface area contributed by atoms with Crippen molar-refractivity contribution >= 4 is 11.8 Å². The normalized spacial score (nSPS) is 17.7. The monoisotopic (exact) mass is 372 g/mol. The van der Waals surface area contributed by atoms with Crippen LogP contribution in [0.25, 0.3) is 0 Å². The average molecular weight is 372 g/mol. The number of rotatable bonds is 6. The molecule has 1 aromatic carbocycles. The maximum atomic E-state index is 12.5. The third kappa shape index (κ3) is 5.64. The van der Waals surface area contributed by atoms with Gasteiger partial charge in [-0.1, -0.05) is 6.92 Å². The Morgan fingerprint density at radius 2 is 1.96 bits per heavy atom. The SMILES string of the molecule is CCC(=O)N1CCCC(C(=O)NCCOc2ccc(C(F)(F)F)cc2)C1. The molecule has 0 saturated carbocycles. The fourth-order valence-corrected chi connectivity index (χ4v) is 2.87. The Hall–Kier alpha value is -2.25. The Morgan fingerprint density at radius 3 is 2.58 bits per heavy atom. The molecule has 1 heterocycles. The van der Waals surface area contributed by atoms with Crippen molar-refractivity contribution in [3.63, 3.8) is 0 Å². The predicted molar refractivity (Wildman–Crippen MR) is 89.5 cm³/mol. The molecule has 1 saturated heterocycles. The molecular weight excluding hydrogens is 349 g/mol. The highest BCUT2D eigenvalue weighted by atomic mass is 19.4. The molecule has 1 N–H and O–H groups in total. The molecule has 1 atom stereocenters. The summed E-state index contributed by atoms with van der Waals surface area (Å²) in [6, 6.07) is 4.41. The van der Waals surface area contributed by atoms with Crippen molar-refractivity contribution < 1.29 is 27.5 Å². The number of halogens is 3. The van der Waals surface area contributed by atoms with Crippen molar-refractivity contribution in [2.75, 3.05) is 26.2 Å². The quantitative estimate of drug-likeness (QED) is 0.782.